The van der Waals surface area contributed by atoms with Crippen molar-refractivity contribution in [3.8, 4) is 23.5 Å². The van der Waals surface area contributed by atoms with Crippen LogP contribution >= 0.6 is 11.6 Å². The highest BCUT2D eigenvalue weighted by Gasteiger charge is 2.52. The van der Waals surface area contributed by atoms with Crippen LogP contribution in [0.1, 0.15) is 19.3 Å². The Morgan fingerprint density at radius 3 is 2.39 bits per heavy atom. The van der Waals surface area contributed by atoms with Crippen LogP contribution in [-0.4, -0.2) is 66.0 Å². The highest BCUT2D eigenvalue weighted by molar-refractivity contribution is 6.30. The first-order valence-electron chi connectivity index (χ1n) is 10.9. The van der Waals surface area contributed by atoms with Gasteiger partial charge in [-0.1, -0.05) is 11.6 Å². The zero-order chi connectivity index (χ0) is 25.9. The Morgan fingerprint density at radius 1 is 1.11 bits per heavy atom. The fraction of sp³-hybridized carbons (Fsp3) is 0.391. The van der Waals surface area contributed by atoms with Crippen LogP contribution in [0.4, 0.5) is 4.39 Å². The molecule has 0 radical (unpaired) electrons. The number of aromatic nitrogens is 2. The van der Waals surface area contributed by atoms with Crippen molar-refractivity contribution in [3.63, 3.8) is 0 Å². The molecule has 1 fully saturated rings. The number of nitrogens with one attached hydrogen (secondary N) is 2. The molecule has 192 valence electrons. The van der Waals surface area contributed by atoms with Gasteiger partial charge >= 0.3 is 6.01 Å². The molecule has 11 nitrogen and oxygen atoms in total. The van der Waals surface area contributed by atoms with Gasteiger partial charge in [-0.05, 0) is 30.5 Å². The normalized spacial score (nSPS) is 20.2. The van der Waals surface area contributed by atoms with Crippen LogP contribution in [0.3, 0.4) is 0 Å². The third-order valence-corrected chi connectivity index (χ3v) is 6.18. The van der Waals surface area contributed by atoms with Gasteiger partial charge in [-0.25, -0.2) is 4.39 Å². The maximum Gasteiger partial charge on any atom is 0.323 e. The Hall–Kier alpha value is -3.64. The summed E-state index contributed by atoms with van der Waals surface area (Å²) in [7, 11) is 2.85. The first-order chi connectivity index (χ1) is 17.2. The lowest BCUT2D eigenvalue weighted by Gasteiger charge is -2.52. The van der Waals surface area contributed by atoms with E-state index in [0.717, 1.165) is 11.6 Å². The minimum Gasteiger partial charge on any atom is -0.484 e. The lowest BCUT2D eigenvalue weighted by Crippen LogP contribution is -2.65. The van der Waals surface area contributed by atoms with Crippen molar-refractivity contribution in [3.05, 3.63) is 46.4 Å². The first kappa shape index (κ1) is 25.5. The summed E-state index contributed by atoms with van der Waals surface area (Å²) < 4.78 is 34.2. The van der Waals surface area contributed by atoms with Gasteiger partial charge in [-0.15, -0.1) is 0 Å². The molecule has 1 saturated carbocycles. The molecule has 3 N–H and O–H groups in total. The zero-order valence-electron chi connectivity index (χ0n) is 19.5. The molecular weight excluding hydrogens is 499 g/mol. The van der Waals surface area contributed by atoms with Gasteiger partial charge in [-0.2, -0.15) is 9.97 Å². The monoisotopic (exact) mass is 522 g/mol. The van der Waals surface area contributed by atoms with E-state index in [2.05, 4.69) is 20.6 Å². The Bertz CT molecular complexity index is 1180. The third kappa shape index (κ3) is 5.60. The van der Waals surface area contributed by atoms with E-state index in [1.165, 1.54) is 32.4 Å². The first-order valence-corrected chi connectivity index (χ1v) is 11.3. The number of halogens is 2. The fourth-order valence-corrected chi connectivity index (χ4v) is 4.14. The summed E-state index contributed by atoms with van der Waals surface area (Å²) in [5.41, 5.74) is 0.657. The molecule has 3 aliphatic rings. The van der Waals surface area contributed by atoms with Crippen molar-refractivity contribution in [1.29, 1.82) is 0 Å². The summed E-state index contributed by atoms with van der Waals surface area (Å²) in [6.45, 7) is -0.722. The number of aliphatic hydroxyl groups excluding tert-OH is 1. The van der Waals surface area contributed by atoms with E-state index in [4.69, 9.17) is 30.5 Å². The summed E-state index contributed by atoms with van der Waals surface area (Å²) in [6.07, 6.45) is -0.0212. The molecule has 2 bridgehead atoms. The molecule has 0 aliphatic heterocycles. The average molecular weight is 523 g/mol. The quantitative estimate of drug-likeness (QED) is 0.423. The molecule has 36 heavy (non-hydrogen) atoms. The minimum atomic E-state index is -0.923. The van der Waals surface area contributed by atoms with E-state index in [0.29, 0.717) is 18.5 Å². The second-order valence-corrected chi connectivity index (χ2v) is 8.70. The molecule has 2 amide bonds. The van der Waals surface area contributed by atoms with E-state index >= 15 is 0 Å². The Balaban J connectivity index is 1.28. The maximum atomic E-state index is 13.5. The highest BCUT2D eigenvalue weighted by atomic mass is 35.5. The molecule has 3 aliphatic carbocycles. The lowest BCUT2D eigenvalue weighted by molar-refractivity contribution is -0.129. The Morgan fingerprint density at radius 2 is 1.78 bits per heavy atom. The summed E-state index contributed by atoms with van der Waals surface area (Å²) >= 11 is 5.63. The number of carbonyl (C=O) groups excluding carboxylic acids is 2. The van der Waals surface area contributed by atoms with Gasteiger partial charge in [-0.3, -0.25) is 9.59 Å². The largest absolute Gasteiger partial charge is 0.484 e. The van der Waals surface area contributed by atoms with Gasteiger partial charge < -0.3 is 34.7 Å². The predicted molar refractivity (Wildman–Crippen MR) is 123 cm³/mol. The molecule has 0 spiro atoms. The second kappa shape index (κ2) is 10.5. The number of hydrogen-bond donors (Lipinski definition) is 3. The number of nitrogens with zero attached hydrogens (tertiary/aromatic N) is 2. The number of methoxy groups -OCH3 is 2. The molecule has 2 aromatic rings. The molecule has 5 rings (SSSR count). The Labute approximate surface area is 210 Å². The number of amides is 2. The van der Waals surface area contributed by atoms with Crippen LogP contribution in [0.15, 0.2) is 35.5 Å². The number of benzene rings is 1. The van der Waals surface area contributed by atoms with Crippen molar-refractivity contribution in [1.82, 2.24) is 20.6 Å². The number of aliphatic hydroxyl groups is 1. The van der Waals surface area contributed by atoms with Gasteiger partial charge in [0.1, 0.15) is 11.6 Å². The van der Waals surface area contributed by atoms with Crippen LogP contribution in [0, 0.1) is 5.82 Å². The SMILES string of the molecule is COc1cc(OC)nc(OCC(=O)NC23CC(=C(NC(=O)COc4ccc(Cl)c(F)c4)C[C@@H]2O)C3)n1. The van der Waals surface area contributed by atoms with Gasteiger partial charge in [0.05, 0.1) is 37.0 Å². The fourth-order valence-electron chi connectivity index (χ4n) is 4.02. The van der Waals surface area contributed by atoms with Crippen LogP contribution in [0.5, 0.6) is 23.5 Å². The van der Waals surface area contributed by atoms with Crippen molar-refractivity contribution >= 4 is 23.4 Å². The number of fused-ring (bicyclic) bond motifs is 2. The van der Waals surface area contributed by atoms with Gasteiger partial charge in [0.25, 0.3) is 11.8 Å². The zero-order valence-corrected chi connectivity index (χ0v) is 20.2. The van der Waals surface area contributed by atoms with E-state index < -0.39 is 29.3 Å². The molecule has 1 aromatic carbocycles. The van der Waals surface area contributed by atoms with Crippen LogP contribution in [0.25, 0.3) is 0 Å². The van der Waals surface area contributed by atoms with Crippen LogP contribution in [-0.2, 0) is 9.59 Å². The van der Waals surface area contributed by atoms with Crippen LogP contribution < -0.4 is 29.6 Å². The number of rotatable bonds is 10. The molecule has 13 heteroatoms. The molecular formula is C23H24ClFN4O7. The molecule has 0 saturated heterocycles. The van der Waals surface area contributed by atoms with Crippen molar-refractivity contribution in [2.24, 2.45) is 0 Å². The standard InChI is InChI=1S/C23H24ClFN4O7/c1-33-20-7-21(34-2)28-22(27-20)36-11-19(32)29-23-8-12(9-23)16(6-17(23)30)26-18(31)10-35-13-3-4-14(24)15(25)5-13/h3-5,7,17,30H,6,8-11H2,1-2H3,(H,26,31)(H,29,32)/t17-/m0/s1. The van der Waals surface area contributed by atoms with Gasteiger partial charge in [0.2, 0.25) is 11.8 Å². The highest BCUT2D eigenvalue weighted by Crippen LogP contribution is 2.47. The topological polar surface area (TPSA) is 141 Å². The smallest absolute Gasteiger partial charge is 0.323 e. The molecule has 1 heterocycles. The van der Waals surface area contributed by atoms with Gasteiger partial charge in [0, 0.05) is 18.2 Å². The second-order valence-electron chi connectivity index (χ2n) is 8.30. The molecule has 1 aromatic heterocycles. The third-order valence-electron chi connectivity index (χ3n) is 5.87. The summed E-state index contributed by atoms with van der Waals surface area (Å²) in [4.78, 5) is 32.8. The summed E-state index contributed by atoms with van der Waals surface area (Å²) in [5.74, 6) is -0.969. The van der Waals surface area contributed by atoms with E-state index in [-0.39, 0.29) is 48.2 Å². The Kier molecular flexibility index (Phi) is 7.45. The molecule has 0 unspecified atom stereocenters. The number of ether oxygens (including phenoxy) is 4. The van der Waals surface area contributed by atoms with Crippen molar-refractivity contribution in [2.75, 3.05) is 27.4 Å². The van der Waals surface area contributed by atoms with Gasteiger partial charge in [0.15, 0.2) is 13.2 Å². The summed E-state index contributed by atoms with van der Waals surface area (Å²) in [5, 5.41) is 16.2. The van der Waals surface area contributed by atoms with Crippen molar-refractivity contribution in [2.45, 2.75) is 30.9 Å². The number of carbonyl (C=O) groups is 2. The maximum absolute atomic E-state index is 13.5. The predicted octanol–water partition coefficient (Wildman–Crippen LogP) is 1.53. The number of hydrogen-bond acceptors (Lipinski definition) is 9. The summed E-state index contributed by atoms with van der Waals surface area (Å²) in [6, 6.07) is 5.25. The average Bonchev–Trinajstić information content (AvgIpc) is 2.84. The molecule has 1 atom stereocenters. The minimum absolute atomic E-state index is 0.0454. The van der Waals surface area contributed by atoms with Crippen LogP contribution in [0.2, 0.25) is 5.02 Å². The van der Waals surface area contributed by atoms with E-state index in [1.807, 2.05) is 0 Å². The van der Waals surface area contributed by atoms with E-state index in [1.54, 1.807) is 0 Å². The lowest BCUT2D eigenvalue weighted by atomic mass is 9.62. The van der Waals surface area contributed by atoms with Crippen molar-refractivity contribution < 1.29 is 38.0 Å². The van der Waals surface area contributed by atoms with E-state index in [9.17, 15) is 19.1 Å².